The molecule has 1 saturated heterocycles. The Morgan fingerprint density at radius 2 is 1.85 bits per heavy atom. The minimum absolute atomic E-state index is 0.0597. The SMILES string of the molecule is COc1cc(NC(C)=O)c(Cl)cc1C(=O)NC1CC[C@H]2CCCC[C@@H]2N1Cc1ccccc1. The summed E-state index contributed by atoms with van der Waals surface area (Å²) in [5.41, 5.74) is 2.04. The first-order valence-corrected chi connectivity index (χ1v) is 12.1. The van der Waals surface area contributed by atoms with E-state index in [0.717, 1.165) is 19.4 Å². The molecular formula is C26H32ClN3O3. The second-order valence-corrected chi connectivity index (χ2v) is 9.46. The van der Waals surface area contributed by atoms with E-state index in [1.807, 2.05) is 6.07 Å². The molecule has 4 rings (SSSR count). The molecule has 2 aromatic rings. The average molecular weight is 470 g/mol. The quantitative estimate of drug-likeness (QED) is 0.608. The number of halogens is 1. The number of hydrogen-bond donors (Lipinski definition) is 2. The van der Waals surface area contributed by atoms with Gasteiger partial charge < -0.3 is 15.4 Å². The van der Waals surface area contributed by atoms with Crippen LogP contribution in [0.2, 0.25) is 5.02 Å². The number of carbonyl (C=O) groups is 2. The smallest absolute Gasteiger partial charge is 0.256 e. The van der Waals surface area contributed by atoms with Gasteiger partial charge in [-0.05, 0) is 43.2 Å². The van der Waals surface area contributed by atoms with Crippen molar-refractivity contribution in [2.45, 2.75) is 64.2 Å². The Labute approximate surface area is 200 Å². The van der Waals surface area contributed by atoms with E-state index in [2.05, 4.69) is 39.8 Å². The molecule has 2 aromatic carbocycles. The summed E-state index contributed by atoms with van der Waals surface area (Å²) in [5, 5.41) is 6.23. The molecule has 2 fully saturated rings. The van der Waals surface area contributed by atoms with E-state index < -0.39 is 0 Å². The zero-order valence-electron chi connectivity index (χ0n) is 19.3. The lowest BCUT2D eigenvalue weighted by Gasteiger charge is -2.48. The van der Waals surface area contributed by atoms with Gasteiger partial charge in [0.15, 0.2) is 0 Å². The van der Waals surface area contributed by atoms with E-state index in [0.29, 0.717) is 34.0 Å². The summed E-state index contributed by atoms with van der Waals surface area (Å²) >= 11 is 6.36. The number of ether oxygens (including phenoxy) is 1. The van der Waals surface area contributed by atoms with Crippen LogP contribution in [0.15, 0.2) is 42.5 Å². The number of nitrogens with one attached hydrogen (secondary N) is 2. The van der Waals surface area contributed by atoms with Gasteiger partial charge in [-0.3, -0.25) is 14.5 Å². The minimum Gasteiger partial charge on any atom is -0.496 e. The fourth-order valence-electron chi connectivity index (χ4n) is 5.32. The second-order valence-electron chi connectivity index (χ2n) is 9.05. The maximum atomic E-state index is 13.4. The molecule has 1 saturated carbocycles. The number of likely N-dealkylation sites (tertiary alicyclic amines) is 1. The second kappa shape index (κ2) is 10.6. The minimum atomic E-state index is -0.239. The van der Waals surface area contributed by atoms with Crippen LogP contribution in [0, 0.1) is 5.92 Å². The van der Waals surface area contributed by atoms with Crippen LogP contribution in [0.5, 0.6) is 5.75 Å². The molecule has 176 valence electrons. The number of anilines is 1. The highest BCUT2D eigenvalue weighted by Gasteiger charge is 2.39. The van der Waals surface area contributed by atoms with Crippen LogP contribution < -0.4 is 15.4 Å². The van der Waals surface area contributed by atoms with Gasteiger partial charge in [-0.1, -0.05) is 54.8 Å². The Kier molecular flexibility index (Phi) is 7.56. The van der Waals surface area contributed by atoms with Crippen LogP contribution in [0.4, 0.5) is 5.69 Å². The van der Waals surface area contributed by atoms with Crippen molar-refractivity contribution in [3.63, 3.8) is 0 Å². The standard InChI is InChI=1S/C26H32ClN3O3/c1-17(31)28-22-15-24(33-2)20(14-21(22)27)26(32)29-25-13-12-19-10-6-7-11-23(19)30(25)16-18-8-4-3-5-9-18/h3-5,8-9,14-15,19,23,25H,6-7,10-13,16H2,1-2H3,(H,28,31)(H,29,32)/t19-,23+,25?/m1/s1. The lowest BCUT2D eigenvalue weighted by Crippen LogP contribution is -2.58. The average Bonchev–Trinajstić information content (AvgIpc) is 2.82. The number of hydrogen-bond acceptors (Lipinski definition) is 4. The monoisotopic (exact) mass is 469 g/mol. The van der Waals surface area contributed by atoms with Crippen LogP contribution >= 0.6 is 11.6 Å². The number of nitrogens with zero attached hydrogens (tertiary/aromatic N) is 1. The van der Waals surface area contributed by atoms with E-state index in [4.69, 9.17) is 16.3 Å². The summed E-state index contributed by atoms with van der Waals surface area (Å²) in [6, 6.07) is 14.1. The van der Waals surface area contributed by atoms with E-state index >= 15 is 0 Å². The third-order valence-electron chi connectivity index (χ3n) is 6.86. The highest BCUT2D eigenvalue weighted by Crippen LogP contribution is 2.38. The number of rotatable bonds is 6. The molecule has 0 spiro atoms. The van der Waals surface area contributed by atoms with Crippen molar-refractivity contribution in [1.82, 2.24) is 10.2 Å². The third kappa shape index (κ3) is 5.50. The van der Waals surface area contributed by atoms with Gasteiger partial charge in [-0.25, -0.2) is 0 Å². The lowest BCUT2D eigenvalue weighted by atomic mass is 9.77. The molecule has 2 aliphatic rings. The lowest BCUT2D eigenvalue weighted by molar-refractivity contribution is -0.114. The maximum Gasteiger partial charge on any atom is 0.256 e. The number of amides is 2. The highest BCUT2D eigenvalue weighted by atomic mass is 35.5. The third-order valence-corrected chi connectivity index (χ3v) is 7.17. The van der Waals surface area contributed by atoms with E-state index in [-0.39, 0.29) is 18.0 Å². The number of benzene rings is 2. The van der Waals surface area contributed by atoms with Gasteiger partial charge in [0.1, 0.15) is 5.75 Å². The van der Waals surface area contributed by atoms with Crippen molar-refractivity contribution < 1.29 is 14.3 Å². The van der Waals surface area contributed by atoms with Gasteiger partial charge in [0, 0.05) is 25.6 Å². The van der Waals surface area contributed by atoms with E-state index in [1.165, 1.54) is 45.3 Å². The molecule has 0 radical (unpaired) electrons. The molecule has 1 heterocycles. The Balaban J connectivity index is 1.57. The first-order valence-electron chi connectivity index (χ1n) is 11.7. The van der Waals surface area contributed by atoms with Crippen molar-refractivity contribution in [3.8, 4) is 5.75 Å². The Bertz CT molecular complexity index is 998. The van der Waals surface area contributed by atoms with Gasteiger partial charge in [0.25, 0.3) is 5.91 Å². The molecule has 33 heavy (non-hydrogen) atoms. The topological polar surface area (TPSA) is 70.7 Å². The van der Waals surface area contributed by atoms with Crippen LogP contribution in [0.3, 0.4) is 0 Å². The zero-order valence-corrected chi connectivity index (χ0v) is 20.0. The fourth-order valence-corrected chi connectivity index (χ4v) is 5.53. The normalized spacial score (nSPS) is 22.8. The molecule has 1 aliphatic heterocycles. The molecule has 6 nitrogen and oxygen atoms in total. The van der Waals surface area contributed by atoms with Gasteiger partial charge >= 0.3 is 0 Å². The van der Waals surface area contributed by atoms with Crippen LogP contribution in [-0.2, 0) is 11.3 Å². The van der Waals surface area contributed by atoms with E-state index in [9.17, 15) is 9.59 Å². The molecule has 1 aliphatic carbocycles. The Morgan fingerprint density at radius 3 is 2.58 bits per heavy atom. The van der Waals surface area contributed by atoms with Crippen LogP contribution in [0.1, 0.15) is 61.4 Å². The summed E-state index contributed by atoms with van der Waals surface area (Å²) in [5.74, 6) is 0.607. The predicted octanol–water partition coefficient (Wildman–Crippen LogP) is 5.22. The van der Waals surface area contributed by atoms with Crippen LogP contribution in [0.25, 0.3) is 0 Å². The summed E-state index contributed by atoms with van der Waals surface area (Å²) in [4.78, 5) is 27.3. The van der Waals surface area contributed by atoms with Crippen molar-refractivity contribution >= 4 is 29.1 Å². The summed E-state index contributed by atoms with van der Waals surface area (Å²) in [7, 11) is 1.51. The molecule has 3 atom stereocenters. The van der Waals surface area contributed by atoms with Gasteiger partial charge in [-0.2, -0.15) is 0 Å². The number of methoxy groups -OCH3 is 1. The number of carbonyl (C=O) groups excluding carboxylic acids is 2. The number of piperidine rings is 1. The summed E-state index contributed by atoms with van der Waals surface area (Å²) in [6.45, 7) is 2.22. The molecule has 1 unspecified atom stereocenters. The molecule has 7 heteroatoms. The zero-order chi connectivity index (χ0) is 23.4. The summed E-state index contributed by atoms with van der Waals surface area (Å²) < 4.78 is 5.46. The molecule has 0 bridgehead atoms. The van der Waals surface area contributed by atoms with Gasteiger partial charge in [-0.15, -0.1) is 0 Å². The summed E-state index contributed by atoms with van der Waals surface area (Å²) in [6.07, 6.45) is 6.96. The van der Waals surface area contributed by atoms with Crippen LogP contribution in [-0.4, -0.2) is 36.0 Å². The van der Waals surface area contributed by atoms with Crippen molar-refractivity contribution in [1.29, 1.82) is 0 Å². The van der Waals surface area contributed by atoms with Gasteiger partial charge in [0.05, 0.1) is 29.5 Å². The highest BCUT2D eigenvalue weighted by molar-refractivity contribution is 6.34. The van der Waals surface area contributed by atoms with Gasteiger partial charge in [0.2, 0.25) is 5.91 Å². The van der Waals surface area contributed by atoms with Crippen molar-refractivity contribution in [3.05, 3.63) is 58.6 Å². The predicted molar refractivity (Wildman–Crippen MR) is 131 cm³/mol. The van der Waals surface area contributed by atoms with Crippen molar-refractivity contribution in [2.75, 3.05) is 12.4 Å². The molecule has 2 amide bonds. The Hall–Kier alpha value is -2.57. The maximum absolute atomic E-state index is 13.4. The molecule has 0 aromatic heterocycles. The van der Waals surface area contributed by atoms with Crippen molar-refractivity contribution in [2.24, 2.45) is 5.92 Å². The fraction of sp³-hybridized carbons (Fsp3) is 0.462. The molecule has 2 N–H and O–H groups in total. The number of fused-ring (bicyclic) bond motifs is 1. The first-order chi connectivity index (χ1) is 16.0. The Morgan fingerprint density at radius 1 is 1.09 bits per heavy atom. The largest absolute Gasteiger partial charge is 0.496 e. The van der Waals surface area contributed by atoms with E-state index in [1.54, 1.807) is 12.1 Å². The first kappa shape index (κ1) is 23.6. The molecular weight excluding hydrogens is 438 g/mol.